The first-order valence-electron chi connectivity index (χ1n) is 7.32. The largest absolute Gasteiger partial charge is 0.393 e. The van der Waals surface area contributed by atoms with Gasteiger partial charge in [0.2, 0.25) is 0 Å². The van der Waals surface area contributed by atoms with Crippen molar-refractivity contribution >= 4 is 34.5 Å². The van der Waals surface area contributed by atoms with Crippen LogP contribution in [0.25, 0.3) is 0 Å². The lowest BCUT2D eigenvalue weighted by Crippen LogP contribution is -2.26. The number of benzene rings is 1. The number of nitrogens with zero attached hydrogens (tertiary/aromatic N) is 1. The van der Waals surface area contributed by atoms with Crippen molar-refractivity contribution in [2.24, 2.45) is 0 Å². The van der Waals surface area contributed by atoms with E-state index in [1.54, 1.807) is 12.2 Å². The monoisotopic (exact) mass is 377 g/mol. The number of aromatic amines is 1. The molecule has 1 aromatic heterocycles. The van der Waals surface area contributed by atoms with E-state index < -0.39 is 16.7 Å². The molecule has 0 fully saturated rings. The summed E-state index contributed by atoms with van der Waals surface area (Å²) < 4.78 is 0. The first-order chi connectivity index (χ1) is 12.4. The number of carbonyl (C=O) groups is 2. The normalized spacial score (nSPS) is 10.6. The van der Waals surface area contributed by atoms with E-state index >= 15 is 0 Å². The van der Waals surface area contributed by atoms with Crippen molar-refractivity contribution in [2.45, 2.75) is 0 Å². The Bertz CT molecular complexity index is 917. The van der Waals surface area contributed by atoms with Crippen LogP contribution in [0.1, 0.15) is 20.8 Å². The number of para-hydroxylation sites is 1. The number of nitro benzene ring substituents is 1. The number of aromatic nitrogens is 1. The van der Waals surface area contributed by atoms with Gasteiger partial charge >= 0.3 is 4.87 Å². The molecule has 0 atom stereocenters. The molecule has 0 saturated heterocycles. The predicted molar refractivity (Wildman–Crippen MR) is 96.3 cm³/mol. The van der Waals surface area contributed by atoms with E-state index in [2.05, 4.69) is 15.6 Å². The van der Waals surface area contributed by atoms with Gasteiger partial charge in [-0.05, 0) is 6.07 Å². The summed E-state index contributed by atoms with van der Waals surface area (Å²) in [6.07, 6.45) is 3.21. The zero-order valence-electron chi connectivity index (χ0n) is 13.4. The van der Waals surface area contributed by atoms with Gasteiger partial charge in [-0.3, -0.25) is 24.5 Å². The fraction of sp³-hybridized carbons (Fsp3) is 0.133. The van der Waals surface area contributed by atoms with Crippen LogP contribution in [0.5, 0.6) is 0 Å². The minimum Gasteiger partial charge on any atom is -0.393 e. The highest BCUT2D eigenvalue weighted by atomic mass is 32.1. The van der Waals surface area contributed by atoms with Crippen LogP contribution in [0.15, 0.2) is 40.5 Å². The Labute approximate surface area is 150 Å². The maximum atomic E-state index is 12.0. The van der Waals surface area contributed by atoms with Crippen molar-refractivity contribution in [3.05, 3.63) is 66.8 Å². The third-order valence-electron chi connectivity index (χ3n) is 3.22. The lowest BCUT2D eigenvalue weighted by molar-refractivity contribution is -0.383. The third-order valence-corrected chi connectivity index (χ3v) is 3.89. The quantitative estimate of drug-likeness (QED) is 0.240. The van der Waals surface area contributed by atoms with Crippen molar-refractivity contribution in [2.75, 3.05) is 18.8 Å². The van der Waals surface area contributed by atoms with Crippen LogP contribution in [0, 0.1) is 10.1 Å². The second kappa shape index (κ2) is 8.58. The van der Waals surface area contributed by atoms with Crippen molar-refractivity contribution in [1.29, 1.82) is 0 Å². The second-order valence-corrected chi connectivity index (χ2v) is 5.79. The fourth-order valence-electron chi connectivity index (χ4n) is 1.96. The highest BCUT2D eigenvalue weighted by molar-refractivity contribution is 7.07. The minimum atomic E-state index is -0.657. The summed E-state index contributed by atoms with van der Waals surface area (Å²) >= 11 is 0.895. The molecule has 26 heavy (non-hydrogen) atoms. The lowest BCUT2D eigenvalue weighted by atomic mass is 10.1. The topological polar surface area (TPSA) is 160 Å². The van der Waals surface area contributed by atoms with Gasteiger partial charge < -0.3 is 21.4 Å². The highest BCUT2D eigenvalue weighted by Gasteiger charge is 2.18. The fourth-order valence-corrected chi connectivity index (χ4v) is 2.52. The maximum Gasteiger partial charge on any atom is 0.305 e. The molecule has 1 aromatic carbocycles. The van der Waals surface area contributed by atoms with E-state index in [-0.39, 0.29) is 40.6 Å². The van der Waals surface area contributed by atoms with Crippen molar-refractivity contribution in [3.8, 4) is 0 Å². The second-order valence-electron chi connectivity index (χ2n) is 4.95. The molecule has 0 unspecified atom stereocenters. The molecule has 1 heterocycles. The molecular weight excluding hydrogens is 362 g/mol. The van der Waals surface area contributed by atoms with Gasteiger partial charge in [0.25, 0.3) is 17.5 Å². The molecule has 136 valence electrons. The summed E-state index contributed by atoms with van der Waals surface area (Å²) in [6, 6.07) is 3.99. The summed E-state index contributed by atoms with van der Waals surface area (Å²) in [7, 11) is 0. The van der Waals surface area contributed by atoms with E-state index in [0.29, 0.717) is 0 Å². The highest BCUT2D eigenvalue weighted by Crippen LogP contribution is 2.24. The number of anilines is 1. The Morgan fingerprint density at radius 2 is 1.88 bits per heavy atom. The summed E-state index contributed by atoms with van der Waals surface area (Å²) in [5.74, 6) is -0.961. The van der Waals surface area contributed by atoms with Crippen molar-refractivity contribution < 1.29 is 14.5 Å². The summed E-state index contributed by atoms with van der Waals surface area (Å²) in [5, 5.41) is 17.3. The zero-order valence-corrected chi connectivity index (χ0v) is 14.2. The van der Waals surface area contributed by atoms with Crippen LogP contribution in [0.2, 0.25) is 0 Å². The molecule has 0 radical (unpaired) electrons. The number of nitrogen functional groups attached to an aromatic ring is 1. The van der Waals surface area contributed by atoms with E-state index in [1.807, 2.05) is 0 Å². The molecule has 0 aliphatic heterocycles. The Hall–Kier alpha value is -3.47. The Morgan fingerprint density at radius 1 is 1.23 bits per heavy atom. The molecule has 0 spiro atoms. The van der Waals surface area contributed by atoms with Crippen molar-refractivity contribution in [1.82, 2.24) is 15.6 Å². The molecule has 2 aromatic rings. The molecule has 0 aliphatic carbocycles. The summed E-state index contributed by atoms with van der Waals surface area (Å²) in [4.78, 5) is 46.9. The lowest BCUT2D eigenvalue weighted by Gasteiger charge is -2.06. The molecule has 0 aliphatic rings. The molecule has 2 amide bonds. The Morgan fingerprint density at radius 3 is 2.46 bits per heavy atom. The number of H-pyrrole nitrogens is 1. The van der Waals surface area contributed by atoms with Gasteiger partial charge in [-0.1, -0.05) is 29.6 Å². The van der Waals surface area contributed by atoms with Crippen LogP contribution in [-0.2, 0) is 0 Å². The van der Waals surface area contributed by atoms with Gasteiger partial charge in [0.05, 0.1) is 10.5 Å². The van der Waals surface area contributed by atoms with E-state index in [9.17, 15) is 24.5 Å². The molecule has 11 heteroatoms. The smallest absolute Gasteiger partial charge is 0.305 e. The molecule has 10 nitrogen and oxygen atoms in total. The number of hydrogen-bond donors (Lipinski definition) is 4. The first kappa shape index (κ1) is 18.9. The van der Waals surface area contributed by atoms with Gasteiger partial charge in [0, 0.05) is 24.5 Å². The Kier molecular flexibility index (Phi) is 6.22. The molecule has 0 saturated carbocycles. The number of thiazole rings is 1. The van der Waals surface area contributed by atoms with Gasteiger partial charge in [-0.25, -0.2) is 0 Å². The molecule has 0 bridgehead atoms. The van der Waals surface area contributed by atoms with Crippen LogP contribution in [-0.4, -0.2) is 34.8 Å². The standard InChI is InChI=1S/C15H15N5O5S/c16-12-9(4-3-5-11(12)20(24)25)13(21)17-6-1-2-7-18-14(22)10-8-26-15(23)19-10/h1-5,8H,6-7,16H2,(H,17,21)(H,18,22)(H,19,23)/b2-1+. The number of rotatable bonds is 7. The first-order valence-corrected chi connectivity index (χ1v) is 8.20. The maximum absolute atomic E-state index is 12.0. The average molecular weight is 377 g/mol. The van der Waals surface area contributed by atoms with E-state index in [1.165, 1.54) is 23.6 Å². The SMILES string of the molecule is Nc1c(C(=O)NC/C=C/CNC(=O)c2csc(=O)[nH]2)cccc1[N+](=O)[O-]. The molecule has 2 rings (SSSR count). The van der Waals surface area contributed by atoms with Crippen LogP contribution in [0.3, 0.4) is 0 Å². The number of nitrogens with one attached hydrogen (secondary N) is 3. The number of amides is 2. The Balaban J connectivity index is 1.80. The van der Waals surface area contributed by atoms with Crippen molar-refractivity contribution in [3.63, 3.8) is 0 Å². The minimum absolute atomic E-state index is 0.0160. The van der Waals surface area contributed by atoms with Gasteiger partial charge in [0.15, 0.2) is 0 Å². The number of nitrogens with two attached hydrogens (primary N) is 1. The summed E-state index contributed by atoms with van der Waals surface area (Å²) in [5.41, 5.74) is 5.30. The van der Waals surface area contributed by atoms with Crippen LogP contribution >= 0.6 is 11.3 Å². The van der Waals surface area contributed by atoms with Gasteiger partial charge in [-0.2, -0.15) is 0 Å². The summed E-state index contributed by atoms with van der Waals surface area (Å²) in [6.45, 7) is 0.345. The van der Waals surface area contributed by atoms with Gasteiger partial charge in [-0.15, -0.1) is 0 Å². The third kappa shape index (κ3) is 4.77. The van der Waals surface area contributed by atoms with Crippen LogP contribution < -0.4 is 21.2 Å². The molecule has 5 N–H and O–H groups in total. The van der Waals surface area contributed by atoms with E-state index in [4.69, 9.17) is 5.73 Å². The predicted octanol–water partition coefficient (Wildman–Crippen LogP) is 0.643. The number of hydrogen-bond acceptors (Lipinski definition) is 7. The van der Waals surface area contributed by atoms with Crippen LogP contribution in [0.4, 0.5) is 11.4 Å². The molecular formula is C15H15N5O5S. The number of carbonyl (C=O) groups excluding carboxylic acids is 2. The number of nitro groups is 1. The average Bonchev–Trinajstić information content (AvgIpc) is 3.04. The van der Waals surface area contributed by atoms with Gasteiger partial charge in [0.1, 0.15) is 11.4 Å². The zero-order chi connectivity index (χ0) is 19.1. The van der Waals surface area contributed by atoms with E-state index in [0.717, 1.165) is 11.3 Å².